The van der Waals surface area contributed by atoms with Crippen molar-refractivity contribution in [2.75, 3.05) is 75.5 Å². The fourth-order valence-corrected chi connectivity index (χ4v) is 10.8. The molecule has 0 spiro atoms. The number of benzene rings is 2. The fourth-order valence-electron chi connectivity index (χ4n) is 10.0. The average molecular weight is 1040 g/mol. The summed E-state index contributed by atoms with van der Waals surface area (Å²) in [5.74, 6) is 0.159. The van der Waals surface area contributed by atoms with Gasteiger partial charge in [0.05, 0.1) is 73.0 Å². The van der Waals surface area contributed by atoms with Gasteiger partial charge in [-0.1, -0.05) is 63.2 Å². The molecule has 18 nitrogen and oxygen atoms in total. The molecule has 7 heterocycles. The molecule has 4 atom stereocenters. The van der Waals surface area contributed by atoms with Crippen molar-refractivity contribution in [2.24, 2.45) is 5.41 Å². The number of aryl methyl sites for hydroxylation is 1. The van der Waals surface area contributed by atoms with E-state index in [-0.39, 0.29) is 88.4 Å². The molecule has 396 valence electrons. The Kier molecular flexibility index (Phi) is 16.8. The van der Waals surface area contributed by atoms with Gasteiger partial charge in [0.15, 0.2) is 5.65 Å². The third-order valence-electron chi connectivity index (χ3n) is 14.1. The third kappa shape index (κ3) is 12.8. The van der Waals surface area contributed by atoms with Gasteiger partial charge < -0.3 is 44.8 Å². The molecule has 75 heavy (non-hydrogen) atoms. The van der Waals surface area contributed by atoms with Gasteiger partial charge in [-0.15, -0.1) is 16.4 Å². The summed E-state index contributed by atoms with van der Waals surface area (Å²) in [5.41, 5.74) is 7.13. The van der Waals surface area contributed by atoms with Crippen LogP contribution in [0.5, 0.6) is 0 Å². The monoisotopic (exact) mass is 1040 g/mol. The van der Waals surface area contributed by atoms with Gasteiger partial charge in [0, 0.05) is 58.7 Å². The summed E-state index contributed by atoms with van der Waals surface area (Å²) in [6, 6.07) is 22.6. The van der Waals surface area contributed by atoms with Crippen molar-refractivity contribution >= 4 is 52.2 Å². The van der Waals surface area contributed by atoms with Crippen molar-refractivity contribution < 1.29 is 38.1 Å². The number of piperazine rings is 1. The van der Waals surface area contributed by atoms with Gasteiger partial charge >= 0.3 is 0 Å². The molecule has 3 fully saturated rings. The Morgan fingerprint density at radius 2 is 1.64 bits per heavy atom. The number of halogens is 1. The summed E-state index contributed by atoms with van der Waals surface area (Å²) in [6.45, 7) is 11.6. The first-order valence-electron chi connectivity index (χ1n) is 25.8. The van der Waals surface area contributed by atoms with E-state index < -0.39 is 29.5 Å². The summed E-state index contributed by atoms with van der Waals surface area (Å²) in [5, 5.41) is 21.4. The lowest BCUT2D eigenvalue weighted by molar-refractivity contribution is -0.144. The van der Waals surface area contributed by atoms with Gasteiger partial charge in [0.1, 0.15) is 35.2 Å². The van der Waals surface area contributed by atoms with E-state index in [2.05, 4.69) is 30.4 Å². The van der Waals surface area contributed by atoms with Crippen LogP contribution >= 0.6 is 11.3 Å². The molecule has 2 aromatic carbocycles. The van der Waals surface area contributed by atoms with Crippen molar-refractivity contribution in [3.8, 4) is 21.8 Å². The number of aromatic nitrogens is 5. The smallest absolute Gasteiger partial charge is 0.246 e. The molecule has 4 aromatic heterocycles. The Bertz CT molecular complexity index is 2960. The highest BCUT2D eigenvalue weighted by atomic mass is 32.1. The van der Waals surface area contributed by atoms with Crippen molar-refractivity contribution in [1.29, 1.82) is 0 Å². The lowest BCUT2D eigenvalue weighted by Gasteiger charge is -2.35. The molecule has 3 saturated heterocycles. The van der Waals surface area contributed by atoms with Crippen LogP contribution in [0.25, 0.3) is 27.5 Å². The normalized spacial score (nSPS) is 18.5. The lowest BCUT2D eigenvalue weighted by Crippen LogP contribution is -2.57. The zero-order chi connectivity index (χ0) is 52.6. The van der Waals surface area contributed by atoms with E-state index in [1.165, 1.54) is 11.0 Å². The SMILES string of the molecule is Cc1ncsc1-c1ccc(CNC(=O)[C@@H]2C[C@@H](O)CN2C(=O)[C@@H](NC(=O)CCOCCOCCC(=O)N2CCN(c3cccc(-c4cnc5ccc(N6CCC[C@@H]6c6cccc(F)c6)nn45)n3)CC2)C(C)(C)C)cc1. The Hall–Kier alpha value is -6.87. The van der Waals surface area contributed by atoms with Crippen LogP contribution in [0.4, 0.5) is 16.0 Å². The van der Waals surface area contributed by atoms with Crippen LogP contribution in [0.3, 0.4) is 0 Å². The number of imidazole rings is 1. The minimum absolute atomic E-state index is 0.00157. The fraction of sp³-hybridized carbons (Fsp3) is 0.455. The van der Waals surface area contributed by atoms with Gasteiger partial charge in [-0.2, -0.15) is 0 Å². The number of thiazole rings is 1. The minimum Gasteiger partial charge on any atom is -0.391 e. The molecule has 6 aromatic rings. The van der Waals surface area contributed by atoms with E-state index in [1.807, 2.05) is 103 Å². The van der Waals surface area contributed by atoms with Crippen molar-refractivity contribution in [3.63, 3.8) is 0 Å². The molecule has 0 unspecified atom stereocenters. The zero-order valence-electron chi connectivity index (χ0n) is 43.0. The first-order chi connectivity index (χ1) is 36.2. The Morgan fingerprint density at radius 3 is 2.37 bits per heavy atom. The maximum absolute atomic E-state index is 14.1. The number of nitrogens with zero attached hydrogens (tertiary/aromatic N) is 9. The van der Waals surface area contributed by atoms with E-state index >= 15 is 0 Å². The molecule has 4 amide bonds. The van der Waals surface area contributed by atoms with E-state index in [9.17, 15) is 28.7 Å². The van der Waals surface area contributed by atoms with E-state index in [0.717, 1.165) is 69.7 Å². The number of β-amino-alcohol motifs (C(OH)–C–C–N with tert-alkyl or cyclic N) is 1. The molecular formula is C55H66FN11O7S. The second-order valence-electron chi connectivity index (χ2n) is 20.4. The Labute approximate surface area is 440 Å². The first kappa shape index (κ1) is 53.0. The maximum Gasteiger partial charge on any atom is 0.246 e. The van der Waals surface area contributed by atoms with Crippen LogP contribution in [0.1, 0.15) is 75.7 Å². The Balaban J connectivity index is 0.672. The predicted molar refractivity (Wildman–Crippen MR) is 283 cm³/mol. The van der Waals surface area contributed by atoms with Gasteiger partial charge in [0.2, 0.25) is 23.6 Å². The highest BCUT2D eigenvalue weighted by Crippen LogP contribution is 2.36. The van der Waals surface area contributed by atoms with Gasteiger partial charge in [-0.05, 0) is 78.3 Å². The highest BCUT2D eigenvalue weighted by Gasteiger charge is 2.44. The number of nitrogens with one attached hydrogen (secondary N) is 2. The summed E-state index contributed by atoms with van der Waals surface area (Å²) in [7, 11) is 0. The maximum atomic E-state index is 14.1. The summed E-state index contributed by atoms with van der Waals surface area (Å²) >= 11 is 1.57. The average Bonchev–Trinajstić information content (AvgIpc) is 4.25. The van der Waals surface area contributed by atoms with Crippen LogP contribution in [-0.4, -0.2) is 147 Å². The van der Waals surface area contributed by atoms with Crippen LogP contribution in [0, 0.1) is 18.2 Å². The van der Waals surface area contributed by atoms with Crippen molar-refractivity contribution in [3.05, 3.63) is 113 Å². The van der Waals surface area contributed by atoms with Crippen LogP contribution in [0.2, 0.25) is 0 Å². The topological polar surface area (TPSA) is 200 Å². The molecule has 0 radical (unpaired) electrons. The van der Waals surface area contributed by atoms with Gasteiger partial charge in [-0.25, -0.2) is 23.9 Å². The molecule has 9 rings (SSSR count). The Morgan fingerprint density at radius 1 is 0.880 bits per heavy atom. The van der Waals surface area contributed by atoms with E-state index in [1.54, 1.807) is 29.7 Å². The molecule has 0 aliphatic carbocycles. The number of likely N-dealkylation sites (tertiary alicyclic amines) is 1. The number of fused-ring (bicyclic) bond motifs is 1. The highest BCUT2D eigenvalue weighted by molar-refractivity contribution is 7.13. The minimum atomic E-state index is -0.952. The summed E-state index contributed by atoms with van der Waals surface area (Å²) in [4.78, 5) is 76.4. The number of aliphatic hydroxyl groups excluding tert-OH is 1. The number of hydrogen-bond donors (Lipinski definition) is 3. The van der Waals surface area contributed by atoms with E-state index in [4.69, 9.17) is 19.6 Å². The zero-order valence-corrected chi connectivity index (χ0v) is 43.8. The number of ether oxygens (including phenoxy) is 2. The standard InChI is InChI=1S/C55H66FN11O7S/c1-36-51(75-35-59-36)38-15-13-37(14-16-38)32-58-53(71)44-31-41(68)34-66(44)54(72)52(55(2,3)4)61-49(69)19-26-73-28-29-74-27-20-50(70)64-24-22-63(23-25-64)47-12-6-10-42(60-47)45-33-57-46-17-18-48(62-67(45)46)65-21-7-11-43(65)39-8-5-9-40(56)30-39/h5-6,8-10,12-18,30,33,35,41,43-44,52,68H,7,11,19-29,31-32,34H2,1-4H3,(H,58,71)(H,61,69)/t41-,43-,44+,52-/m1/s1. The predicted octanol–water partition coefficient (Wildman–Crippen LogP) is 5.97. The molecule has 0 bridgehead atoms. The molecule has 3 N–H and O–H groups in total. The van der Waals surface area contributed by atoms with Crippen LogP contribution < -0.4 is 20.4 Å². The number of anilines is 2. The second kappa shape index (κ2) is 23.8. The largest absolute Gasteiger partial charge is 0.391 e. The number of carbonyl (C=O) groups excluding carboxylic acids is 4. The number of aliphatic hydroxyl groups is 1. The molecule has 3 aliphatic heterocycles. The third-order valence-corrected chi connectivity index (χ3v) is 15.1. The van der Waals surface area contributed by atoms with Crippen molar-refractivity contribution in [1.82, 2.24) is 45.0 Å². The first-order valence-corrected chi connectivity index (χ1v) is 26.7. The molecule has 20 heteroatoms. The van der Waals surface area contributed by atoms with Crippen LogP contribution in [0.15, 0.2) is 90.6 Å². The number of rotatable bonds is 19. The second-order valence-corrected chi connectivity index (χ2v) is 21.3. The molecule has 0 saturated carbocycles. The van der Waals surface area contributed by atoms with Gasteiger partial charge in [-0.3, -0.25) is 19.2 Å². The molecule has 3 aliphatic rings. The van der Waals surface area contributed by atoms with E-state index in [0.29, 0.717) is 31.8 Å². The summed E-state index contributed by atoms with van der Waals surface area (Å²) < 4.78 is 27.3. The lowest BCUT2D eigenvalue weighted by atomic mass is 9.85. The summed E-state index contributed by atoms with van der Waals surface area (Å²) in [6.07, 6.45) is 3.11. The number of pyridine rings is 1. The van der Waals surface area contributed by atoms with Crippen LogP contribution in [-0.2, 0) is 35.2 Å². The van der Waals surface area contributed by atoms with Crippen molar-refractivity contribution in [2.45, 2.75) is 90.6 Å². The molecular weight excluding hydrogens is 978 g/mol. The van der Waals surface area contributed by atoms with Gasteiger partial charge in [0.25, 0.3) is 0 Å². The number of hydrogen-bond acceptors (Lipinski definition) is 14. The number of amides is 4. The number of carbonyl (C=O) groups is 4. The quantitative estimate of drug-likeness (QED) is 0.0803.